The van der Waals surface area contributed by atoms with Crippen LogP contribution in [-0.2, 0) is 4.79 Å². The van der Waals surface area contributed by atoms with Gasteiger partial charge in [0.1, 0.15) is 0 Å². The summed E-state index contributed by atoms with van der Waals surface area (Å²) >= 11 is 0. The van der Waals surface area contributed by atoms with E-state index in [1.54, 1.807) is 62.8 Å². The van der Waals surface area contributed by atoms with Crippen molar-refractivity contribution in [3.05, 3.63) is 95.3 Å². The van der Waals surface area contributed by atoms with E-state index in [9.17, 15) is 14.4 Å². The van der Waals surface area contributed by atoms with E-state index in [2.05, 4.69) is 27.2 Å². The van der Waals surface area contributed by atoms with Crippen LogP contribution in [0.1, 0.15) is 38.8 Å². The van der Waals surface area contributed by atoms with E-state index in [0.717, 1.165) is 16.7 Å². The standard InChI is InChI=1S/C29H25N5O4/c1-18(29(37)38)17-34(2)28(36)22-11-7-20(8-12-22)4-3-19-5-9-21(10-6-19)26-15-23(27(35)33-30)24-16-31-14-13-25(24)32-26/h5-16,18H,17,30H2,1-2H3,(H,33,35)(H,37,38). The molecule has 4 aromatic rings. The zero-order valence-electron chi connectivity index (χ0n) is 20.8. The average Bonchev–Trinajstić information content (AvgIpc) is 2.95. The Bertz CT molecular complexity index is 1570. The fraction of sp³-hybridized carbons (Fsp3) is 0.138. The lowest BCUT2D eigenvalue weighted by atomic mass is 10.0. The molecule has 2 aromatic heterocycles. The third-order valence-corrected chi connectivity index (χ3v) is 5.97. The van der Waals surface area contributed by atoms with Crippen LogP contribution in [0.3, 0.4) is 0 Å². The first-order valence-electron chi connectivity index (χ1n) is 11.7. The highest BCUT2D eigenvalue weighted by atomic mass is 16.4. The van der Waals surface area contributed by atoms with Gasteiger partial charge in [-0.3, -0.25) is 24.8 Å². The van der Waals surface area contributed by atoms with Crippen molar-refractivity contribution in [3.63, 3.8) is 0 Å². The van der Waals surface area contributed by atoms with Crippen LogP contribution in [0.4, 0.5) is 0 Å². The minimum atomic E-state index is -0.946. The van der Waals surface area contributed by atoms with Crippen molar-refractivity contribution in [2.45, 2.75) is 6.92 Å². The lowest BCUT2D eigenvalue weighted by molar-refractivity contribution is -0.141. The molecule has 0 radical (unpaired) electrons. The number of hydrogen-bond donors (Lipinski definition) is 3. The molecule has 0 bridgehead atoms. The largest absolute Gasteiger partial charge is 0.481 e. The van der Waals surface area contributed by atoms with Gasteiger partial charge in [0.15, 0.2) is 0 Å². The molecule has 0 aliphatic carbocycles. The quantitative estimate of drug-likeness (QED) is 0.158. The molecule has 4 rings (SSSR count). The van der Waals surface area contributed by atoms with Gasteiger partial charge in [0.2, 0.25) is 0 Å². The Balaban J connectivity index is 1.50. The van der Waals surface area contributed by atoms with Gasteiger partial charge in [-0.1, -0.05) is 30.9 Å². The fourth-order valence-electron chi connectivity index (χ4n) is 3.84. The minimum Gasteiger partial charge on any atom is -0.481 e. The number of nitrogen functional groups attached to an aromatic ring is 1. The van der Waals surface area contributed by atoms with Gasteiger partial charge >= 0.3 is 5.97 Å². The molecule has 2 heterocycles. The Kier molecular flexibility index (Phi) is 7.75. The number of hydrogen-bond acceptors (Lipinski definition) is 6. The Labute approximate surface area is 219 Å². The Morgan fingerprint density at radius 2 is 1.66 bits per heavy atom. The predicted molar refractivity (Wildman–Crippen MR) is 143 cm³/mol. The molecule has 0 aliphatic rings. The lowest BCUT2D eigenvalue weighted by Crippen LogP contribution is -2.33. The van der Waals surface area contributed by atoms with Gasteiger partial charge in [0.25, 0.3) is 11.8 Å². The first-order valence-corrected chi connectivity index (χ1v) is 11.7. The molecule has 190 valence electrons. The topological polar surface area (TPSA) is 139 Å². The number of benzene rings is 2. The SMILES string of the molecule is CC(CN(C)C(=O)c1ccc(C#Cc2ccc(-c3cc(C(=O)NN)c4cnccc4n3)cc2)cc1)C(=O)O. The van der Waals surface area contributed by atoms with Crippen molar-refractivity contribution in [2.75, 3.05) is 13.6 Å². The Hall–Kier alpha value is -5.07. The summed E-state index contributed by atoms with van der Waals surface area (Å²) in [5.74, 6) is 9.25. The Morgan fingerprint density at radius 3 is 2.26 bits per heavy atom. The number of fused-ring (bicyclic) bond motifs is 1. The van der Waals surface area contributed by atoms with Gasteiger partial charge in [-0.15, -0.1) is 0 Å². The number of amides is 2. The highest BCUT2D eigenvalue weighted by molar-refractivity contribution is 6.06. The molecule has 1 atom stereocenters. The first-order chi connectivity index (χ1) is 18.3. The summed E-state index contributed by atoms with van der Waals surface area (Å²) in [7, 11) is 1.58. The minimum absolute atomic E-state index is 0.124. The van der Waals surface area contributed by atoms with E-state index < -0.39 is 17.8 Å². The number of hydrazine groups is 1. The van der Waals surface area contributed by atoms with Crippen LogP contribution >= 0.6 is 0 Å². The van der Waals surface area contributed by atoms with Crippen LogP contribution in [0.2, 0.25) is 0 Å². The number of pyridine rings is 2. The van der Waals surface area contributed by atoms with E-state index in [4.69, 9.17) is 10.9 Å². The zero-order valence-corrected chi connectivity index (χ0v) is 20.8. The van der Waals surface area contributed by atoms with Crippen LogP contribution in [0, 0.1) is 17.8 Å². The van der Waals surface area contributed by atoms with Crippen LogP contribution in [0.5, 0.6) is 0 Å². The monoisotopic (exact) mass is 507 g/mol. The van der Waals surface area contributed by atoms with E-state index in [0.29, 0.717) is 27.7 Å². The van der Waals surface area contributed by atoms with Crippen LogP contribution in [0.15, 0.2) is 73.1 Å². The first kappa shape index (κ1) is 26.0. The molecular weight excluding hydrogens is 482 g/mol. The molecule has 9 nitrogen and oxygen atoms in total. The third-order valence-electron chi connectivity index (χ3n) is 5.97. The number of carbonyl (C=O) groups is 3. The predicted octanol–water partition coefficient (Wildman–Crippen LogP) is 3.09. The highest BCUT2D eigenvalue weighted by Gasteiger charge is 2.18. The number of nitrogens with two attached hydrogens (primary N) is 1. The van der Waals surface area contributed by atoms with E-state index in [-0.39, 0.29) is 12.5 Å². The molecule has 9 heteroatoms. The van der Waals surface area contributed by atoms with Gasteiger partial charge in [-0.25, -0.2) is 10.8 Å². The summed E-state index contributed by atoms with van der Waals surface area (Å²) in [6.07, 6.45) is 3.19. The van der Waals surface area contributed by atoms with Crippen molar-refractivity contribution >= 4 is 28.7 Å². The molecule has 0 saturated heterocycles. The number of carbonyl (C=O) groups excluding carboxylic acids is 2. The number of carboxylic acid groups (broad SMARTS) is 1. The number of nitrogens with zero attached hydrogens (tertiary/aromatic N) is 3. The fourth-order valence-corrected chi connectivity index (χ4v) is 3.84. The molecule has 0 spiro atoms. The summed E-state index contributed by atoms with van der Waals surface area (Å²) in [6, 6.07) is 17.7. The number of nitrogens with one attached hydrogen (secondary N) is 1. The zero-order chi connectivity index (χ0) is 27.2. The molecule has 38 heavy (non-hydrogen) atoms. The van der Waals surface area contributed by atoms with Crippen LogP contribution in [0.25, 0.3) is 22.2 Å². The van der Waals surface area contributed by atoms with Gasteiger partial charge < -0.3 is 10.0 Å². The van der Waals surface area contributed by atoms with Gasteiger partial charge in [0, 0.05) is 53.6 Å². The normalized spacial score (nSPS) is 11.2. The second kappa shape index (κ2) is 11.3. The van der Waals surface area contributed by atoms with Crippen molar-refractivity contribution in [2.24, 2.45) is 11.8 Å². The van der Waals surface area contributed by atoms with Gasteiger partial charge in [-0.2, -0.15) is 0 Å². The maximum atomic E-state index is 12.6. The summed E-state index contributed by atoms with van der Waals surface area (Å²) in [4.78, 5) is 46.0. The summed E-state index contributed by atoms with van der Waals surface area (Å²) in [5.41, 5.74) is 6.57. The summed E-state index contributed by atoms with van der Waals surface area (Å²) < 4.78 is 0. The smallest absolute Gasteiger partial charge is 0.308 e. The van der Waals surface area contributed by atoms with Crippen molar-refractivity contribution in [1.82, 2.24) is 20.3 Å². The third kappa shape index (κ3) is 5.83. The van der Waals surface area contributed by atoms with Gasteiger partial charge in [-0.05, 0) is 48.5 Å². The molecule has 1 unspecified atom stereocenters. The molecule has 0 aliphatic heterocycles. The molecule has 2 amide bonds. The maximum absolute atomic E-state index is 12.6. The van der Waals surface area contributed by atoms with Crippen molar-refractivity contribution in [3.8, 4) is 23.1 Å². The number of carboxylic acids is 1. The van der Waals surface area contributed by atoms with E-state index in [1.165, 1.54) is 4.90 Å². The lowest BCUT2D eigenvalue weighted by Gasteiger charge is -2.19. The number of aromatic nitrogens is 2. The van der Waals surface area contributed by atoms with E-state index in [1.807, 2.05) is 24.3 Å². The van der Waals surface area contributed by atoms with Gasteiger partial charge in [0.05, 0.1) is 22.7 Å². The second-order valence-corrected chi connectivity index (χ2v) is 8.75. The van der Waals surface area contributed by atoms with E-state index >= 15 is 0 Å². The summed E-state index contributed by atoms with van der Waals surface area (Å²) in [5, 5.41) is 9.65. The van der Waals surface area contributed by atoms with Crippen LogP contribution < -0.4 is 11.3 Å². The highest BCUT2D eigenvalue weighted by Crippen LogP contribution is 2.24. The molecule has 0 saturated carbocycles. The number of rotatable bonds is 6. The Morgan fingerprint density at radius 1 is 1.03 bits per heavy atom. The number of aliphatic carboxylic acids is 1. The maximum Gasteiger partial charge on any atom is 0.308 e. The second-order valence-electron chi connectivity index (χ2n) is 8.75. The van der Waals surface area contributed by atoms with Crippen LogP contribution in [-0.4, -0.2) is 51.4 Å². The molecular formula is C29H25N5O4. The molecule has 0 fully saturated rings. The van der Waals surface area contributed by atoms with Crippen molar-refractivity contribution < 1.29 is 19.5 Å². The molecule has 2 aromatic carbocycles. The molecule has 4 N–H and O–H groups in total. The average molecular weight is 508 g/mol. The summed E-state index contributed by atoms with van der Waals surface area (Å²) in [6.45, 7) is 1.68. The van der Waals surface area contributed by atoms with Crippen molar-refractivity contribution in [1.29, 1.82) is 0 Å².